The fourth-order valence-electron chi connectivity index (χ4n) is 13.2. The molecule has 16 N–H and O–H groups in total. The summed E-state index contributed by atoms with van der Waals surface area (Å²) in [5.41, 5.74) is 0. The molecule has 0 aromatic rings. The maximum absolute atomic E-state index is 13.5. The Morgan fingerprint density at radius 2 is 0.625 bits per heavy atom. The van der Waals surface area contributed by atoms with E-state index < -0.39 is 173 Å². The minimum absolute atomic E-state index is 0.284. The van der Waals surface area contributed by atoms with Crippen LogP contribution in [-0.2, 0) is 57.0 Å². The smallest absolute Gasteiger partial charge is 0.308 e. The van der Waals surface area contributed by atoms with Crippen molar-refractivity contribution in [3.05, 3.63) is 0 Å². The summed E-state index contributed by atoms with van der Waals surface area (Å²) in [6, 6.07) is 0. The number of cyclic esters (lactones) is 2. The quantitative estimate of drug-likeness (QED) is 0.0306. The monoisotopic (exact) mass is 1390 g/mol. The van der Waals surface area contributed by atoms with Gasteiger partial charge in [-0.05, 0) is 65.2 Å². The van der Waals surface area contributed by atoms with E-state index in [2.05, 4.69) is 0 Å². The summed E-state index contributed by atoms with van der Waals surface area (Å²) in [7, 11) is 0. The highest BCUT2D eigenvalue weighted by molar-refractivity contribution is 5.70. The Bertz CT molecular complexity index is 1890. The van der Waals surface area contributed by atoms with Crippen LogP contribution in [0.25, 0.3) is 0 Å². The molecule has 26 atom stereocenters. The highest BCUT2D eigenvalue weighted by Gasteiger charge is 2.49. The van der Waals surface area contributed by atoms with E-state index in [4.69, 9.17) is 47.4 Å². The van der Waals surface area contributed by atoms with Gasteiger partial charge in [-0.1, -0.05) is 154 Å². The number of rotatable bonds is 42. The number of ether oxygens (including phenoxy) is 10. The van der Waals surface area contributed by atoms with E-state index in [-0.39, 0.29) is 50.1 Å². The predicted molar refractivity (Wildman–Crippen MR) is 343 cm³/mol. The van der Waals surface area contributed by atoms with Crippen LogP contribution >= 0.6 is 0 Å². The summed E-state index contributed by atoms with van der Waals surface area (Å²) >= 11 is 0. The molecule has 0 radical (unpaired) electrons. The molecule has 0 aliphatic carbocycles. The largest absolute Gasteiger partial charge is 0.463 e. The lowest BCUT2D eigenvalue weighted by molar-refractivity contribution is -0.316. The number of aliphatic hydroxyl groups excluding tert-OH is 16. The second-order valence-corrected chi connectivity index (χ2v) is 27.7. The van der Waals surface area contributed by atoms with Crippen molar-refractivity contribution in [1.29, 1.82) is 0 Å². The molecule has 0 saturated carbocycles. The minimum Gasteiger partial charge on any atom is -0.463 e. The van der Waals surface area contributed by atoms with Crippen molar-refractivity contribution in [3.63, 3.8) is 0 Å². The number of hydrogen-bond donors (Lipinski definition) is 16. The molecule has 564 valence electrons. The summed E-state index contributed by atoms with van der Waals surface area (Å²) in [5.74, 6) is -1.58. The molecule has 28 heteroatoms. The van der Waals surface area contributed by atoms with Gasteiger partial charge < -0.3 is 129 Å². The number of fused-ring (bicyclic) bond motifs is 4. The average molecular weight is 1390 g/mol. The van der Waals surface area contributed by atoms with Crippen molar-refractivity contribution in [1.82, 2.24) is 0 Å². The van der Waals surface area contributed by atoms with Crippen LogP contribution in [0.1, 0.15) is 232 Å². The lowest BCUT2D eigenvalue weighted by Crippen LogP contribution is -2.60. The molecule has 0 unspecified atom stereocenters. The van der Waals surface area contributed by atoms with Gasteiger partial charge >= 0.3 is 11.9 Å². The molecule has 0 amide bonds. The molecule has 5 heterocycles. The maximum atomic E-state index is 13.5. The van der Waals surface area contributed by atoms with Crippen molar-refractivity contribution in [2.45, 2.75) is 392 Å². The summed E-state index contributed by atoms with van der Waals surface area (Å²) < 4.78 is 58.8. The lowest BCUT2D eigenvalue weighted by Gasteiger charge is -2.42. The van der Waals surface area contributed by atoms with E-state index >= 15 is 0 Å². The molecule has 5 aliphatic rings. The Morgan fingerprint density at radius 1 is 0.344 bits per heavy atom. The van der Waals surface area contributed by atoms with Gasteiger partial charge in [-0.15, -0.1) is 0 Å². The van der Waals surface area contributed by atoms with Crippen LogP contribution in [0.15, 0.2) is 0 Å². The second-order valence-electron chi connectivity index (χ2n) is 27.7. The van der Waals surface area contributed by atoms with Crippen LogP contribution < -0.4 is 0 Å². The van der Waals surface area contributed by atoms with Gasteiger partial charge in [0.2, 0.25) is 0 Å². The SMILES string of the molecule is C[C@H](O)CCCCC[C@@H](CCCCCCCCCCC[C@@H]1CC(=O)OC[C@H]2O[C@@H](O[C@H](CCCCCCCCCCC[C@@H](CCCCC[C@@H](C)O)O[C@H]3O[C@H](CO)[C@H](O)[C@@H](O)[C@@H]3O)CC(=O)OC[C@H]3O[C@H](O1)[C@H](O)[C@H](O)[C@@H]3O)[C@H](O)[C@H](O)[C@H]2O)O[C@H]1O[C@@H](CO)[C@H](O)[C@@H](O)[C@@H]1O. The van der Waals surface area contributed by atoms with Crippen LogP contribution in [0.4, 0.5) is 0 Å². The van der Waals surface area contributed by atoms with Gasteiger partial charge in [0.15, 0.2) is 25.2 Å². The van der Waals surface area contributed by atoms with Crippen LogP contribution in [0.2, 0.25) is 0 Å². The predicted octanol–water partition coefficient (Wildman–Crippen LogP) is 1.87. The standard InChI is InChI=1S/C68H124O28/c1-41(71)27-19-17-25-31-43(89-65-61(83)57(79)53(75)47(37-69)93-65)29-21-13-9-5-3-7-11-15-23-33-45-35-51(73)87-39-50-56(78)60(82)64(86)68(96-50)92-46(36-52(74)88-40-49-55(77)59(81)63(85)67(91-45)95-49)34-24-16-12-8-4-6-10-14-22-30-44(32-26-18-20-28-42(2)72)90-66-62(84)58(80)54(76)48(38-70)94-66/h41-50,53-72,75-86H,3-40H2,1-2H3/t41-,42+,43+,44-,45-,46-,47-,48+,49-,50-,53+,54+,55+,56-,57-,58-,59-,60-,61+,62+,63-,64-,65+,66+,67-,68+/m1/s1. The van der Waals surface area contributed by atoms with Gasteiger partial charge in [0, 0.05) is 0 Å². The molecule has 5 saturated heterocycles. The summed E-state index contributed by atoms with van der Waals surface area (Å²) in [4.78, 5) is 27.1. The molecule has 28 nitrogen and oxygen atoms in total. The Morgan fingerprint density at radius 3 is 0.938 bits per heavy atom. The fraction of sp³-hybridized carbons (Fsp3) is 0.971. The van der Waals surface area contributed by atoms with Crippen LogP contribution in [0.3, 0.4) is 0 Å². The van der Waals surface area contributed by atoms with E-state index in [1.165, 1.54) is 0 Å². The molecular formula is C68H124O28. The first kappa shape index (κ1) is 84.6. The normalized spacial score (nSPS) is 35.7. The molecule has 5 rings (SSSR count). The van der Waals surface area contributed by atoms with Gasteiger partial charge in [-0.25, -0.2) is 0 Å². The number of carbonyl (C=O) groups is 2. The first-order valence-corrected chi connectivity index (χ1v) is 36.3. The van der Waals surface area contributed by atoms with Gasteiger partial charge in [0.05, 0.1) is 62.7 Å². The first-order chi connectivity index (χ1) is 46.0. The van der Waals surface area contributed by atoms with Crippen molar-refractivity contribution in [2.24, 2.45) is 0 Å². The molecule has 5 aliphatic heterocycles. The Kier molecular flexibility index (Phi) is 41.0. The molecule has 0 aromatic carbocycles. The third-order valence-corrected chi connectivity index (χ3v) is 19.3. The molecule has 4 bridgehead atoms. The van der Waals surface area contributed by atoms with Crippen LogP contribution in [0, 0.1) is 0 Å². The Hall–Kier alpha value is -2.02. The van der Waals surface area contributed by atoms with Crippen LogP contribution in [0.5, 0.6) is 0 Å². The van der Waals surface area contributed by atoms with Crippen molar-refractivity contribution in [2.75, 3.05) is 26.4 Å². The summed E-state index contributed by atoms with van der Waals surface area (Å²) in [6.07, 6.45) is -8.54. The molecule has 0 spiro atoms. The van der Waals surface area contributed by atoms with Crippen molar-refractivity contribution < 1.29 is 139 Å². The number of unbranched alkanes of at least 4 members (excludes halogenated alkanes) is 20. The van der Waals surface area contributed by atoms with Crippen LogP contribution in [-0.4, -0.2) is 280 Å². The number of carbonyl (C=O) groups excluding carboxylic acids is 2. The zero-order valence-corrected chi connectivity index (χ0v) is 56.9. The molecule has 96 heavy (non-hydrogen) atoms. The number of hydrogen-bond acceptors (Lipinski definition) is 28. The lowest BCUT2D eigenvalue weighted by atomic mass is 9.98. The van der Waals surface area contributed by atoms with Gasteiger partial charge in [-0.2, -0.15) is 0 Å². The molecular weight excluding hydrogens is 1260 g/mol. The number of aliphatic hydroxyl groups is 16. The summed E-state index contributed by atoms with van der Waals surface area (Å²) in [5, 5.41) is 167. The van der Waals surface area contributed by atoms with E-state index in [1.807, 2.05) is 0 Å². The number of esters is 2. The van der Waals surface area contributed by atoms with Gasteiger partial charge in [0.1, 0.15) is 111 Å². The molecule has 0 aromatic heterocycles. The highest BCUT2D eigenvalue weighted by atomic mass is 16.7. The fourth-order valence-corrected chi connectivity index (χ4v) is 13.2. The minimum atomic E-state index is -1.78. The van der Waals surface area contributed by atoms with E-state index in [0.717, 1.165) is 141 Å². The third kappa shape index (κ3) is 29.7. The topological polar surface area (TPSA) is 450 Å². The van der Waals surface area contributed by atoms with E-state index in [9.17, 15) is 91.3 Å². The zero-order valence-electron chi connectivity index (χ0n) is 56.9. The second kappa shape index (κ2) is 46.6. The average Bonchev–Trinajstić information content (AvgIpc) is 0.846. The zero-order chi connectivity index (χ0) is 70.1. The van der Waals surface area contributed by atoms with Gasteiger partial charge in [-0.3, -0.25) is 9.59 Å². The Balaban J connectivity index is 1.05. The third-order valence-electron chi connectivity index (χ3n) is 19.3. The maximum Gasteiger partial charge on any atom is 0.308 e. The van der Waals surface area contributed by atoms with E-state index in [0.29, 0.717) is 51.4 Å². The van der Waals surface area contributed by atoms with Crippen molar-refractivity contribution in [3.8, 4) is 0 Å². The highest BCUT2D eigenvalue weighted by Crippen LogP contribution is 2.32. The summed E-state index contributed by atoms with van der Waals surface area (Å²) in [6.45, 7) is 1.28. The Labute approximate surface area is 566 Å². The van der Waals surface area contributed by atoms with Crippen molar-refractivity contribution >= 4 is 11.9 Å². The molecule has 5 fully saturated rings. The van der Waals surface area contributed by atoms with E-state index in [1.54, 1.807) is 13.8 Å². The first-order valence-electron chi connectivity index (χ1n) is 36.3. The van der Waals surface area contributed by atoms with Gasteiger partial charge in [0.25, 0.3) is 0 Å².